The Labute approximate surface area is 112 Å². The summed E-state index contributed by atoms with van der Waals surface area (Å²) in [7, 11) is 0. The van der Waals surface area contributed by atoms with Gasteiger partial charge < -0.3 is 10.6 Å². The lowest BCUT2D eigenvalue weighted by atomic mass is 10.0. The molecule has 0 unspecified atom stereocenters. The second kappa shape index (κ2) is 6.61. The van der Waals surface area contributed by atoms with Gasteiger partial charge in [0.1, 0.15) is 11.6 Å². The molecule has 1 rings (SSSR count). The maximum atomic E-state index is 13.0. The predicted molar refractivity (Wildman–Crippen MR) is 70.8 cm³/mol. The summed E-state index contributed by atoms with van der Waals surface area (Å²) in [6.45, 7) is 6.53. The summed E-state index contributed by atoms with van der Waals surface area (Å²) in [5, 5.41) is 5.81. The van der Waals surface area contributed by atoms with Crippen molar-refractivity contribution in [2.24, 2.45) is 0 Å². The maximum absolute atomic E-state index is 13.0. The fraction of sp³-hybridized carbons (Fsp3) is 0.500. The van der Waals surface area contributed by atoms with Crippen LogP contribution in [0.4, 0.5) is 8.78 Å². The van der Waals surface area contributed by atoms with E-state index in [1.165, 1.54) is 12.1 Å². The van der Waals surface area contributed by atoms with Gasteiger partial charge >= 0.3 is 0 Å². The molecule has 0 aliphatic heterocycles. The number of benzene rings is 1. The van der Waals surface area contributed by atoms with Gasteiger partial charge in [-0.1, -0.05) is 6.92 Å². The quantitative estimate of drug-likeness (QED) is 0.830. The van der Waals surface area contributed by atoms with Gasteiger partial charge in [-0.05, 0) is 44.5 Å². The van der Waals surface area contributed by atoms with E-state index < -0.39 is 17.2 Å². The molecule has 1 amide bonds. The van der Waals surface area contributed by atoms with Crippen LogP contribution >= 0.6 is 0 Å². The molecule has 0 aliphatic rings. The molecule has 0 saturated heterocycles. The highest BCUT2D eigenvalue weighted by Crippen LogP contribution is 2.08. The second-order valence-electron chi connectivity index (χ2n) is 4.94. The summed E-state index contributed by atoms with van der Waals surface area (Å²) in [4.78, 5) is 11.9. The SMILES string of the molecule is CCNC(C)(C)C(=O)NCCc1cc(F)cc(F)c1. The van der Waals surface area contributed by atoms with Crippen molar-refractivity contribution in [3.05, 3.63) is 35.4 Å². The van der Waals surface area contributed by atoms with Gasteiger partial charge in [-0.25, -0.2) is 8.78 Å². The van der Waals surface area contributed by atoms with E-state index in [1.54, 1.807) is 13.8 Å². The first-order valence-corrected chi connectivity index (χ1v) is 6.33. The Morgan fingerprint density at radius 1 is 1.21 bits per heavy atom. The first kappa shape index (κ1) is 15.6. The number of rotatable bonds is 6. The van der Waals surface area contributed by atoms with Gasteiger partial charge in [0, 0.05) is 12.6 Å². The van der Waals surface area contributed by atoms with Crippen molar-refractivity contribution >= 4 is 5.91 Å². The van der Waals surface area contributed by atoms with Crippen molar-refractivity contribution in [2.75, 3.05) is 13.1 Å². The fourth-order valence-corrected chi connectivity index (χ4v) is 1.82. The summed E-state index contributed by atoms with van der Waals surface area (Å²) in [6, 6.07) is 3.37. The molecule has 0 aliphatic carbocycles. The van der Waals surface area contributed by atoms with E-state index in [4.69, 9.17) is 0 Å². The number of carbonyl (C=O) groups is 1. The molecule has 0 aromatic heterocycles. The Morgan fingerprint density at radius 3 is 2.32 bits per heavy atom. The van der Waals surface area contributed by atoms with Crippen LogP contribution in [0.15, 0.2) is 18.2 Å². The third-order valence-electron chi connectivity index (χ3n) is 2.81. The average Bonchev–Trinajstić information content (AvgIpc) is 2.27. The molecule has 0 fully saturated rings. The third kappa shape index (κ3) is 4.95. The smallest absolute Gasteiger partial charge is 0.239 e. The second-order valence-corrected chi connectivity index (χ2v) is 4.94. The Bertz CT molecular complexity index is 427. The molecule has 0 spiro atoms. The number of carbonyl (C=O) groups excluding carboxylic acids is 1. The van der Waals surface area contributed by atoms with Gasteiger partial charge in [-0.2, -0.15) is 0 Å². The molecule has 0 bridgehead atoms. The lowest BCUT2D eigenvalue weighted by molar-refractivity contribution is -0.126. The first-order valence-electron chi connectivity index (χ1n) is 6.33. The molecular formula is C14H20F2N2O. The molecule has 3 nitrogen and oxygen atoms in total. The standard InChI is InChI=1S/C14H20F2N2O/c1-4-18-14(2,3)13(19)17-6-5-10-7-11(15)9-12(16)8-10/h7-9,18H,4-6H2,1-3H3,(H,17,19). The Balaban J connectivity index is 2.48. The van der Waals surface area contributed by atoms with Crippen molar-refractivity contribution in [1.82, 2.24) is 10.6 Å². The third-order valence-corrected chi connectivity index (χ3v) is 2.81. The van der Waals surface area contributed by atoms with Crippen LogP contribution in [0.1, 0.15) is 26.3 Å². The molecule has 1 aromatic carbocycles. The molecular weight excluding hydrogens is 250 g/mol. The van der Waals surface area contributed by atoms with E-state index in [0.29, 0.717) is 25.1 Å². The number of amides is 1. The molecule has 1 aromatic rings. The van der Waals surface area contributed by atoms with Gasteiger partial charge in [0.2, 0.25) is 5.91 Å². The van der Waals surface area contributed by atoms with E-state index >= 15 is 0 Å². The first-order chi connectivity index (χ1) is 8.85. The Kier molecular flexibility index (Phi) is 5.42. The van der Waals surface area contributed by atoms with Crippen LogP contribution in [0, 0.1) is 11.6 Å². The number of hydrogen-bond donors (Lipinski definition) is 2. The summed E-state index contributed by atoms with van der Waals surface area (Å²) in [6.07, 6.45) is 0.391. The Hall–Kier alpha value is -1.49. The highest BCUT2D eigenvalue weighted by molar-refractivity contribution is 5.85. The summed E-state index contributed by atoms with van der Waals surface area (Å²) in [5.41, 5.74) is -0.124. The van der Waals surface area contributed by atoms with Crippen LogP contribution in [0.25, 0.3) is 0 Å². The van der Waals surface area contributed by atoms with Crippen LogP contribution in [0.3, 0.4) is 0 Å². The van der Waals surface area contributed by atoms with Gasteiger partial charge in [-0.15, -0.1) is 0 Å². The summed E-state index contributed by atoms with van der Waals surface area (Å²) < 4.78 is 25.9. The maximum Gasteiger partial charge on any atom is 0.239 e. The molecule has 0 atom stereocenters. The van der Waals surface area contributed by atoms with Gasteiger partial charge in [0.25, 0.3) is 0 Å². The summed E-state index contributed by atoms with van der Waals surface area (Å²) in [5.74, 6) is -1.34. The highest BCUT2D eigenvalue weighted by atomic mass is 19.1. The van der Waals surface area contributed by atoms with E-state index in [1.807, 2.05) is 6.92 Å². The lowest BCUT2D eigenvalue weighted by Crippen LogP contribution is -2.52. The zero-order chi connectivity index (χ0) is 14.5. The zero-order valence-electron chi connectivity index (χ0n) is 11.5. The minimum Gasteiger partial charge on any atom is -0.354 e. The van der Waals surface area contributed by atoms with Crippen molar-refractivity contribution in [3.63, 3.8) is 0 Å². The molecule has 106 valence electrons. The van der Waals surface area contributed by atoms with Gasteiger partial charge in [0.05, 0.1) is 5.54 Å². The zero-order valence-corrected chi connectivity index (χ0v) is 11.5. The molecule has 19 heavy (non-hydrogen) atoms. The minimum atomic E-state index is -0.651. The highest BCUT2D eigenvalue weighted by Gasteiger charge is 2.25. The van der Waals surface area contributed by atoms with Crippen molar-refractivity contribution < 1.29 is 13.6 Å². The minimum absolute atomic E-state index is 0.133. The van der Waals surface area contributed by atoms with E-state index in [2.05, 4.69) is 10.6 Å². The molecule has 5 heteroatoms. The number of nitrogens with one attached hydrogen (secondary N) is 2. The summed E-state index contributed by atoms with van der Waals surface area (Å²) >= 11 is 0. The Morgan fingerprint density at radius 2 is 1.79 bits per heavy atom. The predicted octanol–water partition coefficient (Wildman–Crippen LogP) is 2.01. The topological polar surface area (TPSA) is 41.1 Å². The number of hydrogen-bond acceptors (Lipinski definition) is 2. The molecule has 0 heterocycles. The largest absolute Gasteiger partial charge is 0.354 e. The van der Waals surface area contributed by atoms with E-state index in [-0.39, 0.29) is 5.91 Å². The monoisotopic (exact) mass is 270 g/mol. The lowest BCUT2D eigenvalue weighted by Gasteiger charge is -2.24. The van der Waals surface area contributed by atoms with Crippen molar-refractivity contribution in [1.29, 1.82) is 0 Å². The fourth-order valence-electron chi connectivity index (χ4n) is 1.82. The van der Waals surface area contributed by atoms with Crippen LogP contribution in [0.5, 0.6) is 0 Å². The van der Waals surface area contributed by atoms with E-state index in [0.717, 1.165) is 6.07 Å². The van der Waals surface area contributed by atoms with Crippen molar-refractivity contribution in [2.45, 2.75) is 32.7 Å². The van der Waals surface area contributed by atoms with Crippen LogP contribution in [-0.2, 0) is 11.2 Å². The molecule has 0 radical (unpaired) electrons. The van der Waals surface area contributed by atoms with Crippen LogP contribution < -0.4 is 10.6 Å². The van der Waals surface area contributed by atoms with Gasteiger partial charge in [0.15, 0.2) is 0 Å². The van der Waals surface area contributed by atoms with Crippen molar-refractivity contribution in [3.8, 4) is 0 Å². The van der Waals surface area contributed by atoms with Crippen LogP contribution in [0.2, 0.25) is 0 Å². The van der Waals surface area contributed by atoms with Gasteiger partial charge in [-0.3, -0.25) is 4.79 Å². The number of halogens is 2. The molecule has 2 N–H and O–H groups in total. The average molecular weight is 270 g/mol. The van der Waals surface area contributed by atoms with Crippen LogP contribution in [-0.4, -0.2) is 24.5 Å². The number of likely N-dealkylation sites (N-methyl/N-ethyl adjacent to an activating group) is 1. The molecule has 0 saturated carbocycles. The van der Waals surface area contributed by atoms with E-state index in [9.17, 15) is 13.6 Å². The normalized spacial score (nSPS) is 11.4.